The number of rotatable bonds is 5. The first kappa shape index (κ1) is 15.1. The predicted octanol–water partition coefficient (Wildman–Crippen LogP) is 3.53. The molecule has 2 aromatic rings. The Kier molecular flexibility index (Phi) is 5.25. The third kappa shape index (κ3) is 3.43. The monoisotopic (exact) mass is 353 g/mol. The summed E-state index contributed by atoms with van der Waals surface area (Å²) < 4.78 is 3.89. The van der Waals surface area contributed by atoms with Crippen molar-refractivity contribution in [3.8, 4) is 0 Å². The molecule has 0 saturated carbocycles. The maximum atomic E-state index is 12.4. The largest absolute Gasteiger partial charge is 0.344 e. The second kappa shape index (κ2) is 6.95. The summed E-state index contributed by atoms with van der Waals surface area (Å²) in [6.07, 6.45) is 0. The van der Waals surface area contributed by atoms with Gasteiger partial charge in [0.15, 0.2) is 0 Å². The molecule has 4 nitrogen and oxygen atoms in total. The topological polar surface area (TPSA) is 54.9 Å². The highest BCUT2D eigenvalue weighted by Gasteiger charge is 2.21. The number of carbonyl (C=O) groups is 1. The van der Waals surface area contributed by atoms with E-state index in [1.54, 1.807) is 0 Å². The van der Waals surface area contributed by atoms with E-state index in [9.17, 15) is 4.79 Å². The molecule has 1 atom stereocenters. The summed E-state index contributed by atoms with van der Waals surface area (Å²) >= 11 is 4.59. The number of alkyl halides is 1. The van der Waals surface area contributed by atoms with Crippen LogP contribution in [0.5, 0.6) is 0 Å². The maximum Gasteiger partial charge on any atom is 0.265 e. The summed E-state index contributed by atoms with van der Waals surface area (Å²) in [6.45, 7) is 4.01. The van der Waals surface area contributed by atoms with E-state index in [4.69, 9.17) is 0 Å². The molecular formula is C14H16BrN3OS. The molecule has 0 radical (unpaired) electrons. The fourth-order valence-corrected chi connectivity index (χ4v) is 3.11. The first-order valence-electron chi connectivity index (χ1n) is 6.37. The number of carbonyl (C=O) groups excluding carboxylic acids is 1. The molecule has 6 heteroatoms. The fraction of sp³-hybridized carbons (Fsp3) is 0.357. The lowest BCUT2D eigenvalue weighted by atomic mass is 10.1. The summed E-state index contributed by atoms with van der Waals surface area (Å²) in [7, 11) is 0. The van der Waals surface area contributed by atoms with Gasteiger partial charge in [-0.1, -0.05) is 64.6 Å². The minimum atomic E-state index is -0.114. The molecular weight excluding hydrogens is 338 g/mol. The quantitative estimate of drug-likeness (QED) is 0.836. The van der Waals surface area contributed by atoms with Gasteiger partial charge in [0.25, 0.3) is 5.91 Å². The van der Waals surface area contributed by atoms with Gasteiger partial charge in [-0.05, 0) is 23.0 Å². The van der Waals surface area contributed by atoms with E-state index >= 15 is 0 Å². The Bertz CT molecular complexity index is 571. The first-order chi connectivity index (χ1) is 9.63. The van der Waals surface area contributed by atoms with E-state index < -0.39 is 0 Å². The van der Waals surface area contributed by atoms with E-state index in [0.29, 0.717) is 10.2 Å². The Morgan fingerprint density at radius 1 is 1.35 bits per heavy atom. The van der Waals surface area contributed by atoms with Gasteiger partial charge in [-0.25, -0.2) is 0 Å². The van der Waals surface area contributed by atoms with Crippen molar-refractivity contribution in [3.05, 3.63) is 46.5 Å². The number of hydrogen-bond acceptors (Lipinski definition) is 4. The molecule has 0 bridgehead atoms. The highest BCUT2D eigenvalue weighted by Crippen LogP contribution is 2.21. The molecule has 0 aliphatic rings. The lowest BCUT2D eigenvalue weighted by Crippen LogP contribution is -2.29. The third-order valence-electron chi connectivity index (χ3n) is 2.93. The smallest absolute Gasteiger partial charge is 0.265 e. The van der Waals surface area contributed by atoms with E-state index in [0.717, 1.165) is 22.8 Å². The lowest BCUT2D eigenvalue weighted by molar-refractivity contribution is 0.0943. The summed E-state index contributed by atoms with van der Waals surface area (Å²) in [5.41, 5.74) is 1.83. The number of amides is 1. The van der Waals surface area contributed by atoms with Crippen LogP contribution in [0.1, 0.15) is 46.7 Å². The molecule has 1 N–H and O–H groups in total. The fourth-order valence-electron chi connectivity index (χ4n) is 1.85. The van der Waals surface area contributed by atoms with E-state index in [-0.39, 0.29) is 17.9 Å². The second-order valence-electron chi connectivity index (χ2n) is 4.73. The summed E-state index contributed by atoms with van der Waals surface area (Å²) in [5.74, 6) is 0.0747. The Labute approximate surface area is 130 Å². The number of aromatic nitrogens is 2. The molecule has 1 aromatic heterocycles. The zero-order valence-electron chi connectivity index (χ0n) is 11.3. The summed E-state index contributed by atoms with van der Waals surface area (Å²) in [6, 6.07) is 9.82. The van der Waals surface area contributed by atoms with Crippen LogP contribution in [-0.2, 0) is 0 Å². The number of hydrogen-bond donors (Lipinski definition) is 1. The van der Waals surface area contributed by atoms with E-state index in [1.807, 2.05) is 44.2 Å². The van der Waals surface area contributed by atoms with Crippen molar-refractivity contribution in [3.63, 3.8) is 0 Å². The van der Waals surface area contributed by atoms with Crippen LogP contribution in [0.25, 0.3) is 0 Å². The number of nitrogens with zero attached hydrogens (tertiary/aromatic N) is 2. The minimum Gasteiger partial charge on any atom is -0.344 e. The molecule has 1 amide bonds. The predicted molar refractivity (Wildman–Crippen MR) is 84.4 cm³/mol. The van der Waals surface area contributed by atoms with Crippen LogP contribution in [0.15, 0.2) is 30.3 Å². The van der Waals surface area contributed by atoms with Crippen molar-refractivity contribution in [1.82, 2.24) is 14.9 Å². The van der Waals surface area contributed by atoms with Gasteiger partial charge in [-0.15, -0.1) is 5.10 Å². The Balaban J connectivity index is 2.16. The van der Waals surface area contributed by atoms with Gasteiger partial charge in [-0.3, -0.25) is 4.79 Å². The zero-order valence-corrected chi connectivity index (χ0v) is 13.7. The van der Waals surface area contributed by atoms with Crippen molar-refractivity contribution in [2.24, 2.45) is 0 Å². The maximum absolute atomic E-state index is 12.4. The second-order valence-corrected chi connectivity index (χ2v) is 6.13. The Hall–Kier alpha value is -1.27. The highest BCUT2D eigenvalue weighted by molar-refractivity contribution is 9.09. The molecule has 1 unspecified atom stereocenters. The Morgan fingerprint density at radius 3 is 2.65 bits per heavy atom. The van der Waals surface area contributed by atoms with Gasteiger partial charge >= 0.3 is 0 Å². The summed E-state index contributed by atoms with van der Waals surface area (Å²) in [4.78, 5) is 13.0. The summed E-state index contributed by atoms with van der Waals surface area (Å²) in [5, 5.41) is 7.72. The van der Waals surface area contributed by atoms with Crippen molar-refractivity contribution in [1.29, 1.82) is 0 Å². The minimum absolute atomic E-state index is 0.0641. The van der Waals surface area contributed by atoms with Crippen molar-refractivity contribution in [2.45, 2.75) is 25.8 Å². The normalized spacial score (nSPS) is 12.4. The van der Waals surface area contributed by atoms with Crippen LogP contribution in [0.2, 0.25) is 0 Å². The molecule has 0 aliphatic heterocycles. The number of nitrogens with one attached hydrogen (secondary N) is 1. The van der Waals surface area contributed by atoms with Gasteiger partial charge < -0.3 is 5.32 Å². The Morgan fingerprint density at radius 2 is 2.05 bits per heavy atom. The highest BCUT2D eigenvalue weighted by atomic mass is 79.9. The van der Waals surface area contributed by atoms with Crippen LogP contribution < -0.4 is 5.32 Å². The van der Waals surface area contributed by atoms with Gasteiger partial charge in [0.2, 0.25) is 0 Å². The van der Waals surface area contributed by atoms with Gasteiger partial charge in [0.1, 0.15) is 4.88 Å². The average Bonchev–Trinajstić information content (AvgIpc) is 2.95. The zero-order chi connectivity index (χ0) is 14.5. The van der Waals surface area contributed by atoms with Crippen molar-refractivity contribution in [2.75, 3.05) is 5.33 Å². The molecule has 1 heterocycles. The molecule has 0 fully saturated rings. The number of halogens is 1. The van der Waals surface area contributed by atoms with Gasteiger partial charge in [0.05, 0.1) is 11.7 Å². The average molecular weight is 354 g/mol. The lowest BCUT2D eigenvalue weighted by Gasteiger charge is -2.16. The standard InChI is InChI=1S/C14H16BrN3OS/c1-9(2)12-13(20-18-17-12)14(19)16-11(8-15)10-6-4-3-5-7-10/h3-7,9,11H,8H2,1-2H3,(H,16,19). The SMILES string of the molecule is CC(C)c1nnsc1C(=O)NC(CBr)c1ccccc1. The van der Waals surface area contributed by atoms with E-state index in [1.165, 1.54) is 0 Å². The van der Waals surface area contributed by atoms with Crippen molar-refractivity contribution >= 4 is 33.4 Å². The molecule has 0 spiro atoms. The van der Waals surface area contributed by atoms with E-state index in [2.05, 4.69) is 30.8 Å². The van der Waals surface area contributed by atoms with Crippen LogP contribution in [0.4, 0.5) is 0 Å². The van der Waals surface area contributed by atoms with Crippen LogP contribution >= 0.6 is 27.5 Å². The molecule has 0 saturated heterocycles. The molecule has 2 rings (SSSR count). The van der Waals surface area contributed by atoms with Crippen LogP contribution in [-0.4, -0.2) is 20.8 Å². The van der Waals surface area contributed by atoms with Gasteiger partial charge in [0, 0.05) is 5.33 Å². The molecule has 20 heavy (non-hydrogen) atoms. The van der Waals surface area contributed by atoms with Crippen molar-refractivity contribution < 1.29 is 4.79 Å². The van der Waals surface area contributed by atoms with Crippen LogP contribution in [0.3, 0.4) is 0 Å². The van der Waals surface area contributed by atoms with Gasteiger partial charge in [-0.2, -0.15) is 0 Å². The third-order valence-corrected chi connectivity index (χ3v) is 4.32. The van der Waals surface area contributed by atoms with Crippen LogP contribution in [0, 0.1) is 0 Å². The molecule has 1 aromatic carbocycles. The first-order valence-corrected chi connectivity index (χ1v) is 8.27. The molecule has 0 aliphatic carbocycles. The number of benzene rings is 1. The molecule has 106 valence electrons.